The van der Waals surface area contributed by atoms with Crippen LogP contribution >= 0.6 is 35.0 Å². The van der Waals surface area contributed by atoms with Crippen LogP contribution in [-0.2, 0) is 14.8 Å². The van der Waals surface area contributed by atoms with Crippen molar-refractivity contribution in [3.05, 3.63) is 34.1 Å². The summed E-state index contributed by atoms with van der Waals surface area (Å²) < 4.78 is 26.6. The van der Waals surface area contributed by atoms with Gasteiger partial charge in [0.1, 0.15) is 10.7 Å². The van der Waals surface area contributed by atoms with Crippen LogP contribution in [0.25, 0.3) is 0 Å². The molecule has 2 rings (SSSR count). The standard InChI is InChI=1S/C15H19Cl2N5O3S2/c1-3-22(27(24,25)13-8-11(16)4-5-12(13)17)9-14(23)18-6-7-26-15-19-10(2)20-21-15/h4-5,8H,3,6-7,9H2,1-2H3,(H,18,23)(H,19,20,21). The van der Waals surface area contributed by atoms with Gasteiger partial charge in [-0.25, -0.2) is 13.4 Å². The topological polar surface area (TPSA) is 108 Å². The monoisotopic (exact) mass is 451 g/mol. The maximum Gasteiger partial charge on any atom is 0.245 e. The molecule has 0 aliphatic rings. The third-order valence-electron chi connectivity index (χ3n) is 3.42. The number of halogens is 2. The normalized spacial score (nSPS) is 11.7. The van der Waals surface area contributed by atoms with Gasteiger partial charge in [0.15, 0.2) is 0 Å². The molecule has 1 heterocycles. The second-order valence-electron chi connectivity index (χ2n) is 5.41. The minimum atomic E-state index is -3.94. The van der Waals surface area contributed by atoms with Gasteiger partial charge in [0, 0.05) is 23.9 Å². The first-order chi connectivity index (χ1) is 12.7. The predicted molar refractivity (Wildman–Crippen MR) is 106 cm³/mol. The van der Waals surface area contributed by atoms with Crippen molar-refractivity contribution in [2.45, 2.75) is 23.9 Å². The lowest BCUT2D eigenvalue weighted by Crippen LogP contribution is -2.41. The van der Waals surface area contributed by atoms with E-state index in [1.807, 2.05) is 0 Å². The molecule has 0 saturated carbocycles. The number of nitrogens with one attached hydrogen (secondary N) is 2. The van der Waals surface area contributed by atoms with Crippen molar-refractivity contribution in [2.24, 2.45) is 0 Å². The first-order valence-electron chi connectivity index (χ1n) is 7.97. The van der Waals surface area contributed by atoms with Gasteiger partial charge in [0.05, 0.1) is 11.6 Å². The molecule has 148 valence electrons. The highest BCUT2D eigenvalue weighted by molar-refractivity contribution is 7.99. The van der Waals surface area contributed by atoms with Crippen LogP contribution in [0.5, 0.6) is 0 Å². The van der Waals surface area contributed by atoms with Crippen LogP contribution in [0.3, 0.4) is 0 Å². The number of likely N-dealkylation sites (N-methyl/N-ethyl adjacent to an activating group) is 1. The Hall–Kier alpha value is -1.33. The summed E-state index contributed by atoms with van der Waals surface area (Å²) in [5, 5.41) is 10.3. The number of H-pyrrole nitrogens is 1. The van der Waals surface area contributed by atoms with Crippen LogP contribution in [0, 0.1) is 6.92 Å². The number of aromatic amines is 1. The Labute approximate surface area is 172 Å². The number of carbonyl (C=O) groups excluding carboxylic acids is 1. The maximum absolute atomic E-state index is 12.8. The lowest BCUT2D eigenvalue weighted by atomic mass is 10.4. The van der Waals surface area contributed by atoms with Gasteiger partial charge in [-0.3, -0.25) is 9.89 Å². The maximum atomic E-state index is 12.8. The third kappa shape index (κ3) is 6.08. The third-order valence-corrected chi connectivity index (χ3v) is 6.90. The molecule has 1 aromatic heterocycles. The van der Waals surface area contributed by atoms with E-state index in [2.05, 4.69) is 20.5 Å². The smallest absolute Gasteiger partial charge is 0.245 e. The van der Waals surface area contributed by atoms with Gasteiger partial charge in [-0.05, 0) is 25.1 Å². The molecule has 0 aliphatic carbocycles. The van der Waals surface area contributed by atoms with Crippen LogP contribution in [0.1, 0.15) is 12.7 Å². The fraction of sp³-hybridized carbons (Fsp3) is 0.400. The highest BCUT2D eigenvalue weighted by Gasteiger charge is 2.27. The first-order valence-corrected chi connectivity index (χ1v) is 11.2. The van der Waals surface area contributed by atoms with Crippen molar-refractivity contribution < 1.29 is 13.2 Å². The van der Waals surface area contributed by atoms with Crippen LogP contribution in [0.4, 0.5) is 0 Å². The van der Waals surface area contributed by atoms with Crippen LogP contribution in [-0.4, -0.2) is 59.2 Å². The van der Waals surface area contributed by atoms with Crippen molar-refractivity contribution in [1.29, 1.82) is 0 Å². The number of rotatable bonds is 9. The summed E-state index contributed by atoms with van der Waals surface area (Å²) in [5.41, 5.74) is 0. The van der Waals surface area contributed by atoms with Gasteiger partial charge >= 0.3 is 0 Å². The number of thioether (sulfide) groups is 1. The highest BCUT2D eigenvalue weighted by Crippen LogP contribution is 2.27. The zero-order valence-corrected chi connectivity index (χ0v) is 17.8. The molecule has 0 radical (unpaired) electrons. The Balaban J connectivity index is 1.92. The van der Waals surface area contributed by atoms with Crippen molar-refractivity contribution in [3.8, 4) is 0 Å². The largest absolute Gasteiger partial charge is 0.354 e. The minimum Gasteiger partial charge on any atom is -0.354 e. The molecule has 8 nitrogen and oxygen atoms in total. The molecule has 0 spiro atoms. The van der Waals surface area contributed by atoms with Crippen LogP contribution in [0.2, 0.25) is 10.0 Å². The van der Waals surface area contributed by atoms with E-state index in [4.69, 9.17) is 23.2 Å². The van der Waals surface area contributed by atoms with Gasteiger partial charge in [0.25, 0.3) is 0 Å². The van der Waals surface area contributed by atoms with E-state index in [9.17, 15) is 13.2 Å². The zero-order chi connectivity index (χ0) is 20.0. The fourth-order valence-corrected chi connectivity index (χ4v) is 4.96. The van der Waals surface area contributed by atoms with Crippen molar-refractivity contribution >= 4 is 50.9 Å². The number of benzene rings is 1. The molecular weight excluding hydrogens is 433 g/mol. The molecule has 12 heteroatoms. The summed E-state index contributed by atoms with van der Waals surface area (Å²) in [6.07, 6.45) is 0. The number of sulfonamides is 1. The van der Waals surface area contributed by atoms with Crippen molar-refractivity contribution in [2.75, 3.05) is 25.4 Å². The Morgan fingerprint density at radius 3 is 2.74 bits per heavy atom. The number of carbonyl (C=O) groups is 1. The molecule has 27 heavy (non-hydrogen) atoms. The Morgan fingerprint density at radius 2 is 2.11 bits per heavy atom. The highest BCUT2D eigenvalue weighted by atomic mass is 35.5. The molecule has 0 aliphatic heterocycles. The number of aromatic nitrogens is 3. The molecule has 2 N–H and O–H groups in total. The summed E-state index contributed by atoms with van der Waals surface area (Å²) in [4.78, 5) is 16.2. The average molecular weight is 452 g/mol. The van der Waals surface area contributed by atoms with E-state index >= 15 is 0 Å². The lowest BCUT2D eigenvalue weighted by molar-refractivity contribution is -0.121. The molecule has 2 aromatic rings. The zero-order valence-electron chi connectivity index (χ0n) is 14.7. The molecule has 0 bridgehead atoms. The molecule has 1 amide bonds. The van der Waals surface area contributed by atoms with Crippen molar-refractivity contribution in [3.63, 3.8) is 0 Å². The molecule has 0 fully saturated rings. The molecular formula is C15H19Cl2N5O3S2. The Morgan fingerprint density at radius 1 is 1.37 bits per heavy atom. The molecule has 1 aromatic carbocycles. The second kappa shape index (κ2) is 9.74. The van der Waals surface area contributed by atoms with Crippen molar-refractivity contribution in [1.82, 2.24) is 24.8 Å². The van der Waals surface area contributed by atoms with E-state index in [0.29, 0.717) is 23.3 Å². The molecule has 0 atom stereocenters. The van der Waals surface area contributed by atoms with Crippen LogP contribution in [0.15, 0.2) is 28.3 Å². The minimum absolute atomic E-state index is 0.0523. The number of aryl methyl sites for hydroxylation is 1. The average Bonchev–Trinajstić information content (AvgIpc) is 3.03. The SMILES string of the molecule is CCN(CC(=O)NCCSc1n[nH]c(C)n1)S(=O)(=O)c1cc(Cl)ccc1Cl. The van der Waals surface area contributed by atoms with Gasteiger partial charge in [-0.15, -0.1) is 5.10 Å². The number of hydrogen-bond acceptors (Lipinski definition) is 6. The summed E-state index contributed by atoms with van der Waals surface area (Å²) in [5.74, 6) is 0.859. The number of nitrogens with zero attached hydrogens (tertiary/aromatic N) is 3. The van der Waals surface area contributed by atoms with E-state index in [-0.39, 0.29) is 28.0 Å². The quantitative estimate of drug-likeness (QED) is 0.447. The summed E-state index contributed by atoms with van der Waals surface area (Å²) >= 11 is 13.3. The van der Waals surface area contributed by atoms with E-state index < -0.39 is 15.9 Å². The lowest BCUT2D eigenvalue weighted by Gasteiger charge is -2.20. The van der Waals surface area contributed by atoms with E-state index in [1.165, 1.54) is 30.0 Å². The molecule has 0 unspecified atom stereocenters. The summed E-state index contributed by atoms with van der Waals surface area (Å²) in [6, 6.07) is 4.18. The second-order valence-corrected chi connectivity index (χ2v) is 9.22. The van der Waals surface area contributed by atoms with Gasteiger partial charge in [0.2, 0.25) is 21.1 Å². The van der Waals surface area contributed by atoms with Gasteiger partial charge < -0.3 is 5.32 Å². The van der Waals surface area contributed by atoms with Crippen LogP contribution < -0.4 is 5.32 Å². The van der Waals surface area contributed by atoms with E-state index in [0.717, 1.165) is 4.31 Å². The number of amides is 1. The molecule has 0 saturated heterocycles. The van der Waals surface area contributed by atoms with Gasteiger partial charge in [-0.2, -0.15) is 4.31 Å². The summed E-state index contributed by atoms with van der Waals surface area (Å²) in [6.45, 7) is 3.60. The number of hydrogen-bond donors (Lipinski definition) is 2. The predicted octanol–water partition coefficient (Wildman–Crippen LogP) is 2.34. The van der Waals surface area contributed by atoms with Gasteiger partial charge in [-0.1, -0.05) is 41.9 Å². The summed E-state index contributed by atoms with van der Waals surface area (Å²) in [7, 11) is -3.94. The fourth-order valence-electron chi connectivity index (χ4n) is 2.12. The Kier molecular flexibility index (Phi) is 7.92. The van der Waals surface area contributed by atoms with E-state index in [1.54, 1.807) is 13.8 Å². The first kappa shape index (κ1) is 22.0. The Bertz CT molecular complexity index is 905.